The molecule has 2 bridgehead atoms. The van der Waals surface area contributed by atoms with Crippen LogP contribution in [0.25, 0.3) is 0 Å². The van der Waals surface area contributed by atoms with Gasteiger partial charge in [-0.3, -0.25) is 0 Å². The van der Waals surface area contributed by atoms with Crippen LogP contribution >= 0.6 is 0 Å². The van der Waals surface area contributed by atoms with Crippen molar-refractivity contribution < 1.29 is 13.3 Å². The third kappa shape index (κ3) is 2.62. The molecule has 0 amide bonds. The molecule has 4 rings (SSSR count). The molecule has 0 aromatic heterocycles. The summed E-state index contributed by atoms with van der Waals surface area (Å²) >= 11 is 0. The normalized spacial score (nSPS) is 48.9. The Balaban J connectivity index is 1.90. The van der Waals surface area contributed by atoms with Gasteiger partial charge in [0.1, 0.15) is 0 Å². The van der Waals surface area contributed by atoms with Crippen molar-refractivity contribution in [1.82, 2.24) is 5.32 Å². The van der Waals surface area contributed by atoms with Gasteiger partial charge in [0.05, 0.1) is 5.60 Å². The first kappa shape index (κ1) is 14.7. The van der Waals surface area contributed by atoms with Crippen molar-refractivity contribution in [3.63, 3.8) is 0 Å². The minimum atomic E-state index is -2.47. The monoisotopic (exact) mass is 297 g/mol. The summed E-state index contributed by atoms with van der Waals surface area (Å²) in [5, 5.41) is 3.60. The molecule has 4 heterocycles. The second-order valence-electron chi connectivity index (χ2n) is 6.93. The molecule has 0 spiro atoms. The van der Waals surface area contributed by atoms with Crippen molar-refractivity contribution >= 4 is 8.80 Å². The molecule has 0 aromatic carbocycles. The SMILES string of the molecule is C=C(C)[C@@H]1C[C@@H]2C3CCO[Si](C)(OCC3)O[C@@]2(C)CN1. The lowest BCUT2D eigenvalue weighted by Gasteiger charge is -2.53. The van der Waals surface area contributed by atoms with Crippen LogP contribution in [0, 0.1) is 11.8 Å². The minimum absolute atomic E-state index is 0.168. The van der Waals surface area contributed by atoms with E-state index in [-0.39, 0.29) is 5.60 Å². The van der Waals surface area contributed by atoms with Gasteiger partial charge in [-0.2, -0.15) is 0 Å². The standard InChI is InChI=1S/C15H27NO3Si/c1-11(2)14-9-13-12-5-7-17-20(4,18-8-6-12)19-15(13,3)10-16-14/h12-14,16H,1,5-10H2,2-4H3/t12?,13-,14+,15+,20?/m1/s1. The fourth-order valence-corrected chi connectivity index (χ4v) is 6.33. The predicted molar refractivity (Wildman–Crippen MR) is 80.4 cm³/mol. The zero-order chi connectivity index (χ0) is 14.4. The third-order valence-electron chi connectivity index (χ3n) is 5.26. The first-order valence-electron chi connectivity index (χ1n) is 7.79. The molecule has 3 atom stereocenters. The zero-order valence-electron chi connectivity index (χ0n) is 12.9. The van der Waals surface area contributed by atoms with Gasteiger partial charge in [0.15, 0.2) is 0 Å². The highest BCUT2D eigenvalue weighted by Gasteiger charge is 2.53. The average Bonchev–Trinajstić information content (AvgIpc) is 2.32. The van der Waals surface area contributed by atoms with E-state index in [1.54, 1.807) is 0 Å². The molecule has 0 saturated carbocycles. The third-order valence-corrected chi connectivity index (χ3v) is 7.56. The lowest BCUT2D eigenvalue weighted by atomic mass is 9.70. The molecular formula is C15H27NO3Si. The number of fused-ring (bicyclic) bond motifs is 4. The Kier molecular flexibility index (Phi) is 3.84. The van der Waals surface area contributed by atoms with Gasteiger partial charge < -0.3 is 18.6 Å². The van der Waals surface area contributed by atoms with Crippen LogP contribution in [0.3, 0.4) is 0 Å². The van der Waals surface area contributed by atoms with Crippen molar-refractivity contribution in [2.24, 2.45) is 11.8 Å². The molecular weight excluding hydrogens is 270 g/mol. The summed E-state index contributed by atoms with van der Waals surface area (Å²) in [7, 11) is -2.47. The van der Waals surface area contributed by atoms with E-state index in [2.05, 4.69) is 25.7 Å². The minimum Gasteiger partial charge on any atom is -0.374 e. The van der Waals surface area contributed by atoms with Gasteiger partial charge in [-0.05, 0) is 44.9 Å². The molecule has 4 fully saturated rings. The van der Waals surface area contributed by atoms with Crippen LogP contribution in [0.2, 0.25) is 6.55 Å². The molecule has 114 valence electrons. The van der Waals surface area contributed by atoms with Crippen molar-refractivity contribution in [2.75, 3.05) is 19.8 Å². The predicted octanol–water partition coefficient (Wildman–Crippen LogP) is 2.34. The highest BCUT2D eigenvalue weighted by molar-refractivity contribution is 6.59. The largest absolute Gasteiger partial charge is 0.498 e. The lowest BCUT2D eigenvalue weighted by molar-refractivity contribution is -0.120. The first-order chi connectivity index (χ1) is 9.42. The quantitative estimate of drug-likeness (QED) is 0.596. The summed E-state index contributed by atoms with van der Waals surface area (Å²) in [5.74, 6) is 1.20. The average molecular weight is 297 g/mol. The van der Waals surface area contributed by atoms with Crippen LogP contribution in [-0.4, -0.2) is 40.2 Å². The molecule has 20 heavy (non-hydrogen) atoms. The van der Waals surface area contributed by atoms with E-state index in [1.807, 2.05) is 6.55 Å². The smallest absolute Gasteiger partial charge is 0.374 e. The van der Waals surface area contributed by atoms with E-state index in [1.165, 1.54) is 5.57 Å². The van der Waals surface area contributed by atoms with Crippen molar-refractivity contribution in [3.8, 4) is 0 Å². The molecule has 0 aromatic rings. The number of hydrogen-bond donors (Lipinski definition) is 1. The van der Waals surface area contributed by atoms with Gasteiger partial charge in [-0.25, -0.2) is 0 Å². The fourth-order valence-electron chi connectivity index (χ4n) is 4.08. The second-order valence-corrected chi connectivity index (χ2v) is 9.44. The van der Waals surface area contributed by atoms with Gasteiger partial charge >= 0.3 is 8.80 Å². The topological polar surface area (TPSA) is 39.7 Å². The van der Waals surface area contributed by atoms with Crippen LogP contribution in [0.15, 0.2) is 12.2 Å². The molecule has 5 heteroatoms. The Morgan fingerprint density at radius 3 is 2.55 bits per heavy atom. The van der Waals surface area contributed by atoms with E-state index in [9.17, 15) is 0 Å². The maximum absolute atomic E-state index is 6.47. The number of nitrogens with one attached hydrogen (secondary N) is 1. The first-order valence-corrected chi connectivity index (χ1v) is 10.0. The summed E-state index contributed by atoms with van der Waals surface area (Å²) < 4.78 is 18.4. The van der Waals surface area contributed by atoms with E-state index in [0.717, 1.165) is 39.0 Å². The Morgan fingerprint density at radius 1 is 1.30 bits per heavy atom. The number of hydrogen-bond acceptors (Lipinski definition) is 4. The maximum Gasteiger partial charge on any atom is 0.498 e. The summed E-state index contributed by atoms with van der Waals surface area (Å²) in [6.45, 7) is 13.0. The zero-order valence-corrected chi connectivity index (χ0v) is 13.9. The van der Waals surface area contributed by atoms with E-state index >= 15 is 0 Å². The highest BCUT2D eigenvalue weighted by atomic mass is 28.4. The molecule has 0 unspecified atom stereocenters. The van der Waals surface area contributed by atoms with Crippen molar-refractivity contribution in [1.29, 1.82) is 0 Å². The van der Waals surface area contributed by atoms with E-state index in [4.69, 9.17) is 13.3 Å². The van der Waals surface area contributed by atoms with Crippen LogP contribution in [0.4, 0.5) is 0 Å². The Labute approximate surface area is 123 Å². The Morgan fingerprint density at radius 2 is 1.95 bits per heavy atom. The van der Waals surface area contributed by atoms with Crippen molar-refractivity contribution in [2.45, 2.75) is 51.3 Å². The van der Waals surface area contributed by atoms with Gasteiger partial charge in [-0.1, -0.05) is 12.2 Å². The van der Waals surface area contributed by atoms with Crippen LogP contribution in [0.5, 0.6) is 0 Å². The molecule has 1 N–H and O–H groups in total. The van der Waals surface area contributed by atoms with Gasteiger partial charge in [0.2, 0.25) is 0 Å². The summed E-state index contributed by atoms with van der Waals surface area (Å²) in [6, 6.07) is 0.424. The van der Waals surface area contributed by atoms with E-state index in [0.29, 0.717) is 17.9 Å². The van der Waals surface area contributed by atoms with Crippen LogP contribution in [-0.2, 0) is 13.3 Å². The van der Waals surface area contributed by atoms with E-state index < -0.39 is 8.80 Å². The molecule has 4 aliphatic rings. The molecule has 4 nitrogen and oxygen atoms in total. The highest BCUT2D eigenvalue weighted by Crippen LogP contribution is 2.44. The van der Waals surface area contributed by atoms with Crippen molar-refractivity contribution in [3.05, 3.63) is 12.2 Å². The fraction of sp³-hybridized carbons (Fsp3) is 0.867. The summed E-state index contributed by atoms with van der Waals surface area (Å²) in [5.41, 5.74) is 1.07. The summed E-state index contributed by atoms with van der Waals surface area (Å²) in [6.07, 6.45) is 3.40. The Bertz CT molecular complexity index is 393. The maximum atomic E-state index is 6.47. The second kappa shape index (κ2) is 5.21. The Hall–Kier alpha value is -0.203. The molecule has 0 aliphatic carbocycles. The summed E-state index contributed by atoms with van der Waals surface area (Å²) in [4.78, 5) is 0. The molecule has 0 radical (unpaired) electrons. The lowest BCUT2D eigenvalue weighted by Crippen LogP contribution is -2.65. The van der Waals surface area contributed by atoms with Crippen LogP contribution < -0.4 is 5.32 Å². The van der Waals surface area contributed by atoms with Gasteiger partial charge in [-0.15, -0.1) is 0 Å². The van der Waals surface area contributed by atoms with Gasteiger partial charge in [0, 0.05) is 32.3 Å². The van der Waals surface area contributed by atoms with Gasteiger partial charge in [0.25, 0.3) is 0 Å². The number of rotatable bonds is 1. The molecule has 4 aliphatic heterocycles. The molecule has 4 saturated heterocycles. The van der Waals surface area contributed by atoms with Crippen LogP contribution in [0.1, 0.15) is 33.1 Å². The number of piperidine rings is 1.